The van der Waals surface area contributed by atoms with Crippen LogP contribution in [0.1, 0.15) is 145 Å². The second kappa shape index (κ2) is 12.3. The van der Waals surface area contributed by atoms with Crippen LogP contribution in [0, 0.1) is 125 Å². The van der Waals surface area contributed by atoms with Crippen molar-refractivity contribution in [3.05, 3.63) is 111 Å². The van der Waals surface area contributed by atoms with E-state index in [1.165, 1.54) is 219 Å². The zero-order valence-electron chi connectivity index (χ0n) is 50.7. The molecule has 18 aromatic rings. The highest BCUT2D eigenvalue weighted by molar-refractivity contribution is 6.67. The van der Waals surface area contributed by atoms with Gasteiger partial charge in [-0.25, -0.2) is 0 Å². The summed E-state index contributed by atoms with van der Waals surface area (Å²) in [7, 11) is 0. The van der Waals surface area contributed by atoms with Gasteiger partial charge in [-0.15, -0.1) is 0 Å². The number of rotatable bonds is 0. The van der Waals surface area contributed by atoms with E-state index in [4.69, 9.17) is 0 Å². The largest absolute Gasteiger partial charge is 0.0557 e. The smallest absolute Gasteiger partial charge is 0.000000425 e. The fourth-order valence-electron chi connectivity index (χ4n) is 21.6. The van der Waals surface area contributed by atoms with E-state index in [9.17, 15) is 0 Å². The van der Waals surface area contributed by atoms with Crippen LogP contribution >= 0.6 is 0 Å². The van der Waals surface area contributed by atoms with Gasteiger partial charge in [-0.05, 0) is 436 Å². The van der Waals surface area contributed by atoms with Crippen molar-refractivity contribution in [2.24, 2.45) is 0 Å². The molecule has 0 amide bonds. The third-order valence-electron chi connectivity index (χ3n) is 25.0. The number of aryl methyl sites for hydroxylation is 14. The predicted octanol–water partition coefficient (Wildman–Crippen LogP) is 23.2. The van der Waals surface area contributed by atoms with Crippen molar-refractivity contribution in [3.8, 4) is 0 Å². The molecular weight excluding hydrogens is 949 g/mol. The van der Waals surface area contributed by atoms with Gasteiger partial charge in [0.2, 0.25) is 0 Å². The molecule has 18 aromatic carbocycles. The van der Waals surface area contributed by atoms with Gasteiger partial charge in [0.25, 0.3) is 0 Å². The molecule has 0 unspecified atom stereocenters. The van der Waals surface area contributed by atoms with Crippen LogP contribution in [0.15, 0.2) is 0 Å². The molecule has 0 radical (unpaired) electrons. The van der Waals surface area contributed by atoms with Crippen molar-refractivity contribution < 1.29 is 0 Å². The van der Waals surface area contributed by atoms with Gasteiger partial charge in [0.05, 0.1) is 0 Å². The van der Waals surface area contributed by atoms with Crippen LogP contribution < -0.4 is 0 Å². The van der Waals surface area contributed by atoms with E-state index in [1.807, 2.05) is 0 Å². The second-order valence-corrected chi connectivity index (χ2v) is 28.7. The second-order valence-electron chi connectivity index (χ2n) is 28.7. The Morgan fingerprint density at radius 3 is 0.608 bits per heavy atom. The first-order chi connectivity index (χ1) is 37.3. The lowest BCUT2D eigenvalue weighted by Gasteiger charge is -2.46. The Labute approximate surface area is 461 Å². The van der Waals surface area contributed by atoms with E-state index < -0.39 is 0 Å². The minimum Gasteiger partial charge on any atom is -0.0557 e. The van der Waals surface area contributed by atoms with Gasteiger partial charge < -0.3 is 0 Å². The molecule has 0 aliphatic heterocycles. The van der Waals surface area contributed by atoms with Gasteiger partial charge in [0.1, 0.15) is 0 Å². The average Bonchev–Trinajstić information content (AvgIpc) is 0.729. The molecule has 0 nitrogen and oxygen atoms in total. The molecular formula is C79H68. The summed E-state index contributed by atoms with van der Waals surface area (Å²) < 4.78 is 0. The van der Waals surface area contributed by atoms with Gasteiger partial charge in [0, 0.05) is 0 Å². The molecule has 0 spiro atoms. The highest BCUT2D eigenvalue weighted by Gasteiger charge is 2.46. The third-order valence-corrected chi connectivity index (χ3v) is 25.0. The summed E-state index contributed by atoms with van der Waals surface area (Å²) in [6, 6.07) is 0. The molecule has 79 heavy (non-hydrogen) atoms. The van der Waals surface area contributed by atoms with Crippen molar-refractivity contribution in [1.29, 1.82) is 0 Å². The molecule has 384 valence electrons. The third kappa shape index (κ3) is 3.88. The van der Waals surface area contributed by atoms with Crippen LogP contribution in [0.25, 0.3) is 183 Å². The van der Waals surface area contributed by atoms with E-state index in [0.717, 1.165) is 6.42 Å². The van der Waals surface area contributed by atoms with E-state index in [0.29, 0.717) is 0 Å². The van der Waals surface area contributed by atoms with Crippen LogP contribution in [0.5, 0.6) is 0 Å². The van der Waals surface area contributed by atoms with E-state index >= 15 is 0 Å². The van der Waals surface area contributed by atoms with Gasteiger partial charge in [-0.3, -0.25) is 0 Å². The first-order valence-corrected chi connectivity index (χ1v) is 30.0. The lowest BCUT2D eigenvalue weighted by Crippen LogP contribution is -2.36. The Morgan fingerprint density at radius 1 is 0.139 bits per heavy atom. The summed E-state index contributed by atoms with van der Waals surface area (Å²) in [5.74, 6) is 0. The minimum absolute atomic E-state index is 0.0202. The van der Waals surface area contributed by atoms with Crippen molar-refractivity contribution >= 4 is 183 Å². The van der Waals surface area contributed by atoms with Crippen LogP contribution in [0.4, 0.5) is 0 Å². The maximum atomic E-state index is 2.62. The Bertz CT molecular complexity index is 6000. The molecule has 0 atom stereocenters. The first-order valence-electron chi connectivity index (χ1n) is 30.0. The molecule has 1 aliphatic rings. The Morgan fingerprint density at radius 2 is 0.304 bits per heavy atom. The van der Waals surface area contributed by atoms with Crippen molar-refractivity contribution in [2.45, 2.75) is 170 Å². The van der Waals surface area contributed by atoms with E-state index in [1.54, 1.807) is 75.8 Å². The van der Waals surface area contributed by atoms with Gasteiger partial charge in [-0.2, -0.15) is 0 Å². The monoisotopic (exact) mass is 1020 g/mol. The zero-order chi connectivity index (χ0) is 54.9. The fourth-order valence-corrected chi connectivity index (χ4v) is 21.6. The zero-order valence-corrected chi connectivity index (χ0v) is 50.7. The standard InChI is InChI=1S/C79H68/c1-24-27(4)42-39(16)45-40(17)43-28(5)25(2)31(8)47-50-35(12)36(13)52-53-37(14)38(15)76-75-63(53)72-64-54(77(75)79(21,22)23-78(76,19)20)41(18)44-29(6)26(3)32(9)48-51-34(11)33(10)49-46(30(24)7)55(42)65-58(45)66(56(43)47)69-60(50)62(52)71(72)74-70(67(64)57(44)48)61(51)59(49)68(65)73(69)74/h23H2,1-22H3. The van der Waals surface area contributed by atoms with Crippen LogP contribution in [0.3, 0.4) is 0 Å². The van der Waals surface area contributed by atoms with Gasteiger partial charge in [0.15, 0.2) is 0 Å². The molecule has 0 heterocycles. The Kier molecular flexibility index (Phi) is 6.98. The van der Waals surface area contributed by atoms with Crippen LogP contribution in [-0.2, 0) is 10.8 Å². The van der Waals surface area contributed by atoms with Crippen LogP contribution in [0.2, 0.25) is 0 Å². The molecule has 19 rings (SSSR count). The average molecular weight is 1020 g/mol. The summed E-state index contributed by atoms with van der Waals surface area (Å²) >= 11 is 0. The summed E-state index contributed by atoms with van der Waals surface area (Å²) in [5, 5.41) is 52.1. The minimum atomic E-state index is -0.0848. The summed E-state index contributed by atoms with van der Waals surface area (Å²) in [5.41, 5.74) is 29.5. The lowest BCUT2D eigenvalue weighted by atomic mass is 9.57. The molecule has 0 aromatic heterocycles. The number of fused-ring (bicyclic) bond motifs is 5. The van der Waals surface area contributed by atoms with E-state index in [2.05, 4.69) is 152 Å². The van der Waals surface area contributed by atoms with Gasteiger partial charge in [-0.1, -0.05) is 27.7 Å². The SMILES string of the molecule is Cc1c(C)c2c(C)c3c(C)c4c(C)c(C)c(C)c5c6c(C)c(C)c7c8c(C)c(C)c9c%10c(c%11c(C)c%12c(C)c(C)c(C)c%13c%14c(C)c(C)c%15c(c1C)c2c1c3c(c45)c2c6c7c3c(c%108)c%11c(c%12%13)c4c%14c%15c1c2c43)C(C)(C)CC9(C)C. The fraction of sp³-hybridized carbons (Fsp3) is 0.316. The number of hydrogen-bond acceptors (Lipinski definition) is 0. The van der Waals surface area contributed by atoms with Crippen molar-refractivity contribution in [3.63, 3.8) is 0 Å². The van der Waals surface area contributed by atoms with Crippen molar-refractivity contribution in [1.82, 2.24) is 0 Å². The first kappa shape index (κ1) is 44.8. The highest BCUT2D eigenvalue weighted by atomic mass is 14.5. The number of hydrogen-bond donors (Lipinski definition) is 0. The Balaban J connectivity index is 1.37. The molecule has 0 N–H and O–H groups in total. The Hall–Kier alpha value is -7.02. The van der Waals surface area contributed by atoms with E-state index in [-0.39, 0.29) is 10.8 Å². The lowest BCUT2D eigenvalue weighted by molar-refractivity contribution is 0.342. The predicted molar refractivity (Wildman–Crippen MR) is 352 cm³/mol. The molecule has 0 bridgehead atoms. The molecule has 1 aliphatic carbocycles. The quantitative estimate of drug-likeness (QED) is 0.105. The highest BCUT2D eigenvalue weighted by Crippen LogP contribution is 2.69. The van der Waals surface area contributed by atoms with Crippen molar-refractivity contribution in [2.75, 3.05) is 0 Å². The number of benzene rings is 18. The summed E-state index contributed by atoms with van der Waals surface area (Å²) in [6.45, 7) is 55.4. The topological polar surface area (TPSA) is 0 Å². The summed E-state index contributed by atoms with van der Waals surface area (Å²) in [4.78, 5) is 0. The van der Waals surface area contributed by atoms with Crippen LogP contribution in [-0.4, -0.2) is 0 Å². The maximum Gasteiger partial charge on any atom is -0.000000425 e. The normalized spacial score (nSPS) is 15.9. The van der Waals surface area contributed by atoms with Gasteiger partial charge >= 0.3 is 0 Å². The molecule has 0 saturated heterocycles. The molecule has 0 saturated carbocycles. The summed E-state index contributed by atoms with van der Waals surface area (Å²) in [6.07, 6.45) is 1.11. The molecule has 0 fully saturated rings. The maximum absolute atomic E-state index is 2.62. The molecule has 0 heteroatoms.